The summed E-state index contributed by atoms with van der Waals surface area (Å²) in [6.45, 7) is 7.21. The molecule has 2 unspecified atom stereocenters. The second-order valence-electron chi connectivity index (χ2n) is 7.04. The predicted molar refractivity (Wildman–Crippen MR) is 87.5 cm³/mol. The number of hydrogen-bond acceptors (Lipinski definition) is 3. The predicted octanol–water partition coefficient (Wildman–Crippen LogP) is 2.59. The molecule has 23 heavy (non-hydrogen) atoms. The zero-order chi connectivity index (χ0) is 17.0. The molecule has 0 aromatic heterocycles. The second kappa shape index (κ2) is 7.02. The van der Waals surface area contributed by atoms with E-state index in [4.69, 9.17) is 9.84 Å². The number of benzene rings is 1. The van der Waals surface area contributed by atoms with Crippen LogP contribution in [-0.2, 0) is 15.0 Å². The smallest absolute Gasteiger partial charge is 0.307 e. The molecule has 1 aromatic rings. The molecule has 2 rings (SSSR count). The number of amides is 1. The number of aliphatic carboxylic acids is 1. The van der Waals surface area contributed by atoms with Crippen molar-refractivity contribution in [3.63, 3.8) is 0 Å². The molecule has 1 fully saturated rings. The van der Waals surface area contributed by atoms with Crippen LogP contribution in [0, 0.1) is 11.8 Å². The number of rotatable bonds is 6. The first kappa shape index (κ1) is 17.3. The van der Waals surface area contributed by atoms with E-state index < -0.39 is 17.8 Å². The van der Waals surface area contributed by atoms with Gasteiger partial charge in [0.2, 0.25) is 5.91 Å². The quantitative estimate of drug-likeness (QED) is 0.790. The van der Waals surface area contributed by atoms with Crippen LogP contribution < -0.4 is 10.1 Å². The fourth-order valence-electron chi connectivity index (χ4n) is 2.63. The number of carbonyl (C=O) groups is 2. The summed E-state index contributed by atoms with van der Waals surface area (Å²) in [5.41, 5.74) is 1.35. The molecule has 0 heterocycles. The molecule has 0 saturated heterocycles. The highest BCUT2D eigenvalue weighted by atomic mass is 16.5. The molecule has 0 spiro atoms. The third-order valence-corrected chi connectivity index (χ3v) is 4.32. The monoisotopic (exact) mass is 319 g/mol. The lowest BCUT2D eigenvalue weighted by Gasteiger charge is -2.31. The van der Waals surface area contributed by atoms with Crippen LogP contribution in [0.1, 0.15) is 39.2 Å². The maximum atomic E-state index is 11.9. The van der Waals surface area contributed by atoms with Gasteiger partial charge >= 0.3 is 5.97 Å². The van der Waals surface area contributed by atoms with Crippen molar-refractivity contribution in [3.8, 4) is 5.75 Å². The van der Waals surface area contributed by atoms with Crippen molar-refractivity contribution in [1.82, 2.24) is 5.32 Å². The molecule has 5 heteroatoms. The van der Waals surface area contributed by atoms with E-state index in [0.717, 1.165) is 5.75 Å². The number of carboxylic acid groups (broad SMARTS) is 1. The highest BCUT2D eigenvalue weighted by molar-refractivity contribution is 5.86. The molecule has 2 atom stereocenters. The highest BCUT2D eigenvalue weighted by Crippen LogP contribution is 2.34. The van der Waals surface area contributed by atoms with E-state index in [1.165, 1.54) is 5.56 Å². The molecular weight excluding hydrogens is 294 g/mol. The Morgan fingerprint density at radius 3 is 2.26 bits per heavy atom. The summed E-state index contributed by atoms with van der Waals surface area (Å²) in [5, 5.41) is 11.7. The summed E-state index contributed by atoms with van der Waals surface area (Å²) in [7, 11) is 0. The minimum atomic E-state index is -0.883. The standard InChI is InChI=1S/C18H25NO4/c1-18(2,3)12-4-6-13(7-5-12)23-11-10-19-16(20)14-8-9-15(14)17(21)22/h4-7,14-15H,8-11H2,1-3H3,(H,19,20)(H,21,22). The van der Waals surface area contributed by atoms with Gasteiger partial charge in [0.1, 0.15) is 12.4 Å². The van der Waals surface area contributed by atoms with E-state index in [1.807, 2.05) is 24.3 Å². The maximum Gasteiger partial charge on any atom is 0.307 e. The van der Waals surface area contributed by atoms with Crippen molar-refractivity contribution >= 4 is 11.9 Å². The summed E-state index contributed by atoms with van der Waals surface area (Å²) < 4.78 is 5.60. The zero-order valence-electron chi connectivity index (χ0n) is 14.0. The summed E-state index contributed by atoms with van der Waals surface area (Å²) in [4.78, 5) is 22.8. The summed E-state index contributed by atoms with van der Waals surface area (Å²) in [6, 6.07) is 7.93. The summed E-state index contributed by atoms with van der Waals surface area (Å²) in [6.07, 6.45) is 1.24. The largest absolute Gasteiger partial charge is 0.492 e. The molecule has 1 amide bonds. The fourth-order valence-corrected chi connectivity index (χ4v) is 2.63. The minimum Gasteiger partial charge on any atom is -0.492 e. The van der Waals surface area contributed by atoms with Crippen molar-refractivity contribution in [2.75, 3.05) is 13.2 Å². The van der Waals surface area contributed by atoms with Gasteiger partial charge in [0, 0.05) is 0 Å². The van der Waals surface area contributed by atoms with Crippen LogP contribution in [-0.4, -0.2) is 30.1 Å². The zero-order valence-corrected chi connectivity index (χ0v) is 14.0. The molecule has 0 aliphatic heterocycles. The Bertz CT molecular complexity index is 559. The third kappa shape index (κ3) is 4.47. The van der Waals surface area contributed by atoms with Crippen LogP contribution in [0.2, 0.25) is 0 Å². The van der Waals surface area contributed by atoms with Gasteiger partial charge in [-0.15, -0.1) is 0 Å². The normalized spacial score (nSPS) is 20.5. The lowest BCUT2D eigenvalue weighted by Crippen LogP contribution is -2.44. The SMILES string of the molecule is CC(C)(C)c1ccc(OCCNC(=O)C2CCC2C(=O)O)cc1. The van der Waals surface area contributed by atoms with Crippen LogP contribution in [0.15, 0.2) is 24.3 Å². The van der Waals surface area contributed by atoms with Gasteiger partial charge in [0.05, 0.1) is 18.4 Å². The Balaban J connectivity index is 1.71. The average Bonchev–Trinajstić information content (AvgIpc) is 2.41. The van der Waals surface area contributed by atoms with Crippen LogP contribution in [0.4, 0.5) is 0 Å². The molecule has 0 radical (unpaired) electrons. The van der Waals surface area contributed by atoms with E-state index in [-0.39, 0.29) is 11.3 Å². The first-order valence-electron chi connectivity index (χ1n) is 8.03. The van der Waals surface area contributed by atoms with E-state index in [1.54, 1.807) is 0 Å². The van der Waals surface area contributed by atoms with Crippen LogP contribution in [0.25, 0.3) is 0 Å². The Morgan fingerprint density at radius 2 is 1.78 bits per heavy atom. The molecule has 126 valence electrons. The molecule has 1 saturated carbocycles. The van der Waals surface area contributed by atoms with Crippen molar-refractivity contribution in [1.29, 1.82) is 0 Å². The Kier molecular flexibility index (Phi) is 5.29. The fraction of sp³-hybridized carbons (Fsp3) is 0.556. The second-order valence-corrected chi connectivity index (χ2v) is 7.04. The summed E-state index contributed by atoms with van der Waals surface area (Å²) in [5.74, 6) is -1.22. The topological polar surface area (TPSA) is 75.6 Å². The van der Waals surface area contributed by atoms with E-state index in [0.29, 0.717) is 26.0 Å². The van der Waals surface area contributed by atoms with Gasteiger partial charge in [0.15, 0.2) is 0 Å². The Labute approximate surface area is 137 Å². The van der Waals surface area contributed by atoms with Crippen molar-refractivity contribution < 1.29 is 19.4 Å². The Hall–Kier alpha value is -2.04. The third-order valence-electron chi connectivity index (χ3n) is 4.32. The molecular formula is C18H25NO4. The molecule has 1 aliphatic rings. The van der Waals surface area contributed by atoms with Crippen molar-refractivity contribution in [2.24, 2.45) is 11.8 Å². The van der Waals surface area contributed by atoms with E-state index >= 15 is 0 Å². The van der Waals surface area contributed by atoms with Gasteiger partial charge in [0.25, 0.3) is 0 Å². The van der Waals surface area contributed by atoms with Gasteiger partial charge in [-0.2, -0.15) is 0 Å². The first-order valence-corrected chi connectivity index (χ1v) is 8.03. The van der Waals surface area contributed by atoms with Crippen molar-refractivity contribution in [3.05, 3.63) is 29.8 Å². The molecule has 0 bridgehead atoms. The van der Waals surface area contributed by atoms with Gasteiger partial charge in [-0.3, -0.25) is 9.59 Å². The molecule has 1 aromatic carbocycles. The van der Waals surface area contributed by atoms with Crippen molar-refractivity contribution in [2.45, 2.75) is 39.0 Å². The lowest BCUT2D eigenvalue weighted by atomic mass is 9.73. The lowest BCUT2D eigenvalue weighted by molar-refractivity contribution is -0.152. The molecule has 2 N–H and O–H groups in total. The minimum absolute atomic E-state index is 0.107. The van der Waals surface area contributed by atoms with Gasteiger partial charge in [-0.1, -0.05) is 32.9 Å². The van der Waals surface area contributed by atoms with Gasteiger partial charge < -0.3 is 15.2 Å². The number of hydrogen-bond donors (Lipinski definition) is 2. The van der Waals surface area contributed by atoms with E-state index in [9.17, 15) is 9.59 Å². The average molecular weight is 319 g/mol. The van der Waals surface area contributed by atoms with Gasteiger partial charge in [-0.05, 0) is 36.0 Å². The number of nitrogens with one attached hydrogen (secondary N) is 1. The maximum absolute atomic E-state index is 11.9. The van der Waals surface area contributed by atoms with Crippen LogP contribution in [0.5, 0.6) is 5.75 Å². The molecule has 5 nitrogen and oxygen atoms in total. The summed E-state index contributed by atoms with van der Waals surface area (Å²) >= 11 is 0. The van der Waals surface area contributed by atoms with Crippen LogP contribution >= 0.6 is 0 Å². The van der Waals surface area contributed by atoms with Gasteiger partial charge in [-0.25, -0.2) is 0 Å². The van der Waals surface area contributed by atoms with E-state index in [2.05, 4.69) is 26.1 Å². The molecule has 1 aliphatic carbocycles. The number of carbonyl (C=O) groups excluding carboxylic acids is 1. The van der Waals surface area contributed by atoms with Crippen LogP contribution in [0.3, 0.4) is 0 Å². The highest BCUT2D eigenvalue weighted by Gasteiger charge is 2.41. The first-order chi connectivity index (χ1) is 10.8. The number of ether oxygens (including phenoxy) is 1. The number of carboxylic acids is 1. The Morgan fingerprint density at radius 1 is 1.17 bits per heavy atom.